The van der Waals surface area contributed by atoms with Crippen LogP contribution in [0.15, 0.2) is 60.7 Å². The van der Waals surface area contributed by atoms with Gasteiger partial charge in [-0.2, -0.15) is 0 Å². The van der Waals surface area contributed by atoms with Crippen molar-refractivity contribution in [3.8, 4) is 0 Å². The molecule has 2 aromatic rings. The zero-order chi connectivity index (χ0) is 19.2. The maximum atomic E-state index is 10.2. The molecule has 26 heavy (non-hydrogen) atoms. The Morgan fingerprint density at radius 1 is 0.731 bits per heavy atom. The topological polar surface area (TPSA) is 94.8 Å². The fraction of sp³-hybridized carbons (Fsp3) is 0.333. The summed E-state index contributed by atoms with van der Waals surface area (Å²) in [6, 6.07) is 16.6. The summed E-state index contributed by atoms with van der Waals surface area (Å²) in [5.41, 5.74) is 0.662. The number of carbonyl (C=O) groups is 2. The minimum atomic E-state index is -0.879. The molecular formula is C21H26O5. The summed E-state index contributed by atoms with van der Waals surface area (Å²) in [6.07, 6.45) is 6.58. The van der Waals surface area contributed by atoms with Gasteiger partial charge in [0, 0.05) is 6.61 Å². The van der Waals surface area contributed by atoms with E-state index in [2.05, 4.69) is 0 Å². The Morgan fingerprint density at radius 3 is 1.35 bits per heavy atom. The summed E-state index contributed by atoms with van der Waals surface area (Å²) in [6.45, 7) is 0.417. The molecule has 0 amide bonds. The molecule has 0 aromatic heterocycles. The van der Waals surface area contributed by atoms with Crippen molar-refractivity contribution in [3.63, 3.8) is 0 Å². The Morgan fingerprint density at radius 2 is 1.12 bits per heavy atom. The van der Waals surface area contributed by atoms with E-state index in [4.69, 9.17) is 15.3 Å². The maximum absolute atomic E-state index is 10.2. The number of hydrogen-bond donors (Lipinski definition) is 3. The molecule has 0 heterocycles. The van der Waals surface area contributed by atoms with Gasteiger partial charge >= 0.3 is 11.9 Å². The normalized spacial score (nSPS) is 13.4. The zero-order valence-corrected chi connectivity index (χ0v) is 14.8. The van der Waals surface area contributed by atoms with Gasteiger partial charge in [0.25, 0.3) is 0 Å². The van der Waals surface area contributed by atoms with Gasteiger partial charge in [0.15, 0.2) is 0 Å². The second kappa shape index (κ2) is 12.7. The van der Waals surface area contributed by atoms with Crippen molar-refractivity contribution >= 4 is 11.9 Å². The monoisotopic (exact) mass is 358 g/mol. The summed E-state index contributed by atoms with van der Waals surface area (Å²) >= 11 is 0. The fourth-order valence-electron chi connectivity index (χ4n) is 2.53. The lowest BCUT2D eigenvalue weighted by molar-refractivity contribution is 0.0686. The van der Waals surface area contributed by atoms with Crippen LogP contribution in [0.25, 0.3) is 0 Å². The molecule has 2 aromatic carbocycles. The SMILES string of the molecule is O=C(O)c1ccccc1.O=C(O)c1ccccc1.OCC1CCCCC1. The molecule has 0 unspecified atom stereocenters. The van der Waals surface area contributed by atoms with Crippen LogP contribution >= 0.6 is 0 Å². The van der Waals surface area contributed by atoms with E-state index in [1.807, 2.05) is 0 Å². The van der Waals surface area contributed by atoms with E-state index < -0.39 is 11.9 Å². The summed E-state index contributed by atoms with van der Waals surface area (Å²) in [7, 11) is 0. The van der Waals surface area contributed by atoms with Crippen LogP contribution in [-0.4, -0.2) is 33.9 Å². The maximum Gasteiger partial charge on any atom is 0.335 e. The highest BCUT2D eigenvalue weighted by atomic mass is 16.4. The molecule has 0 spiro atoms. The molecule has 0 aliphatic heterocycles. The van der Waals surface area contributed by atoms with E-state index in [1.54, 1.807) is 60.7 Å². The van der Waals surface area contributed by atoms with Gasteiger partial charge in [-0.25, -0.2) is 9.59 Å². The second-order valence-corrected chi connectivity index (χ2v) is 6.03. The third-order valence-corrected chi connectivity index (χ3v) is 4.02. The lowest BCUT2D eigenvalue weighted by Gasteiger charge is -2.18. The lowest BCUT2D eigenvalue weighted by atomic mass is 9.90. The van der Waals surface area contributed by atoms with E-state index >= 15 is 0 Å². The van der Waals surface area contributed by atoms with Gasteiger partial charge in [0.05, 0.1) is 11.1 Å². The molecule has 1 saturated carbocycles. The average Bonchev–Trinajstić information content (AvgIpc) is 2.71. The van der Waals surface area contributed by atoms with Crippen molar-refractivity contribution < 1.29 is 24.9 Å². The first-order valence-corrected chi connectivity index (χ1v) is 8.72. The van der Waals surface area contributed by atoms with Gasteiger partial charge in [0.2, 0.25) is 0 Å². The first kappa shape index (κ1) is 21.4. The van der Waals surface area contributed by atoms with Crippen molar-refractivity contribution in [1.29, 1.82) is 0 Å². The van der Waals surface area contributed by atoms with Crippen molar-refractivity contribution in [2.45, 2.75) is 32.1 Å². The third-order valence-electron chi connectivity index (χ3n) is 4.02. The van der Waals surface area contributed by atoms with Gasteiger partial charge in [0.1, 0.15) is 0 Å². The minimum absolute atomic E-state index is 0.331. The standard InChI is InChI=1S/2C7H6O2.C7H14O/c2*8-7(9)6-4-2-1-3-5-6;8-6-7-4-2-1-3-5-7/h2*1-5H,(H,8,9);7-8H,1-6H2. The quantitative estimate of drug-likeness (QED) is 0.759. The van der Waals surface area contributed by atoms with Crippen LogP contribution < -0.4 is 0 Å². The van der Waals surface area contributed by atoms with E-state index in [-0.39, 0.29) is 0 Å². The third kappa shape index (κ3) is 8.99. The Kier molecular flexibility index (Phi) is 10.4. The number of aliphatic hydroxyl groups excluding tert-OH is 1. The molecule has 0 saturated heterocycles. The van der Waals surface area contributed by atoms with E-state index in [0.29, 0.717) is 23.7 Å². The summed E-state index contributed by atoms with van der Waals surface area (Å²) in [5.74, 6) is -1.12. The highest BCUT2D eigenvalue weighted by Gasteiger charge is 2.10. The van der Waals surface area contributed by atoms with Crippen LogP contribution in [0.3, 0.4) is 0 Å². The second-order valence-electron chi connectivity index (χ2n) is 6.03. The Hall–Kier alpha value is -2.66. The van der Waals surface area contributed by atoms with Gasteiger partial charge in [-0.15, -0.1) is 0 Å². The highest BCUT2D eigenvalue weighted by molar-refractivity contribution is 5.87. The molecule has 5 heteroatoms. The molecule has 0 radical (unpaired) electrons. The Balaban J connectivity index is 0.000000195. The molecule has 5 nitrogen and oxygen atoms in total. The molecule has 0 bridgehead atoms. The molecule has 1 aliphatic rings. The van der Waals surface area contributed by atoms with Crippen LogP contribution in [0.4, 0.5) is 0 Å². The molecule has 0 atom stereocenters. The first-order chi connectivity index (χ1) is 12.5. The number of carboxylic acid groups (broad SMARTS) is 2. The van der Waals surface area contributed by atoms with Gasteiger partial charge < -0.3 is 15.3 Å². The Labute approximate surface area is 153 Å². The van der Waals surface area contributed by atoms with Crippen LogP contribution in [0.2, 0.25) is 0 Å². The minimum Gasteiger partial charge on any atom is -0.478 e. The summed E-state index contributed by atoms with van der Waals surface area (Å²) < 4.78 is 0. The van der Waals surface area contributed by atoms with Gasteiger partial charge in [-0.3, -0.25) is 0 Å². The summed E-state index contributed by atoms with van der Waals surface area (Å²) in [5, 5.41) is 25.5. The number of carboxylic acids is 2. The molecule has 140 valence electrons. The molecular weight excluding hydrogens is 332 g/mol. The van der Waals surface area contributed by atoms with E-state index in [9.17, 15) is 9.59 Å². The molecule has 1 aliphatic carbocycles. The van der Waals surface area contributed by atoms with Crippen LogP contribution in [0.5, 0.6) is 0 Å². The number of aliphatic hydroxyl groups is 1. The average molecular weight is 358 g/mol. The van der Waals surface area contributed by atoms with Crippen molar-refractivity contribution in [2.75, 3.05) is 6.61 Å². The fourth-order valence-corrected chi connectivity index (χ4v) is 2.53. The first-order valence-electron chi connectivity index (χ1n) is 8.72. The van der Waals surface area contributed by atoms with Crippen LogP contribution in [0.1, 0.15) is 52.8 Å². The predicted octanol–water partition coefficient (Wildman–Crippen LogP) is 4.33. The lowest BCUT2D eigenvalue weighted by Crippen LogP contribution is -2.09. The van der Waals surface area contributed by atoms with Crippen molar-refractivity contribution in [3.05, 3.63) is 71.8 Å². The summed E-state index contributed by atoms with van der Waals surface area (Å²) in [4.78, 5) is 20.4. The van der Waals surface area contributed by atoms with Crippen molar-refractivity contribution in [2.24, 2.45) is 5.92 Å². The van der Waals surface area contributed by atoms with E-state index in [0.717, 1.165) is 0 Å². The van der Waals surface area contributed by atoms with Crippen LogP contribution in [-0.2, 0) is 0 Å². The van der Waals surface area contributed by atoms with Crippen LogP contribution in [0, 0.1) is 5.92 Å². The smallest absolute Gasteiger partial charge is 0.335 e. The van der Waals surface area contributed by atoms with Crippen molar-refractivity contribution in [1.82, 2.24) is 0 Å². The highest BCUT2D eigenvalue weighted by Crippen LogP contribution is 2.22. The zero-order valence-electron chi connectivity index (χ0n) is 14.8. The molecule has 3 N–H and O–H groups in total. The number of hydrogen-bond acceptors (Lipinski definition) is 3. The number of benzene rings is 2. The molecule has 1 fully saturated rings. The number of rotatable bonds is 3. The Bertz CT molecular complexity index is 584. The van der Waals surface area contributed by atoms with Gasteiger partial charge in [-0.05, 0) is 43.0 Å². The predicted molar refractivity (Wildman–Crippen MR) is 100 cm³/mol. The molecule has 3 rings (SSSR count). The van der Waals surface area contributed by atoms with E-state index in [1.165, 1.54) is 32.1 Å². The van der Waals surface area contributed by atoms with Gasteiger partial charge in [-0.1, -0.05) is 55.7 Å². The largest absolute Gasteiger partial charge is 0.478 e. The number of aromatic carboxylic acids is 2.